The van der Waals surface area contributed by atoms with E-state index in [4.69, 9.17) is 38.1 Å². The lowest BCUT2D eigenvalue weighted by Gasteiger charge is -2.27. The number of hydrogen-bond acceptors (Lipinski definition) is 15. The molecule has 8 atom stereocenters. The Kier molecular flexibility index (Phi) is 16.7. The minimum absolute atomic E-state index is 0.0350. The van der Waals surface area contributed by atoms with Crippen LogP contribution in [0.2, 0.25) is 0 Å². The Morgan fingerprint density at radius 3 is 1.47 bits per heavy atom. The number of hydrogen-bond donors (Lipinski definition) is 3. The number of aryl methyl sites for hydroxylation is 2. The van der Waals surface area contributed by atoms with Crippen molar-refractivity contribution in [1.29, 1.82) is 0 Å². The van der Waals surface area contributed by atoms with Crippen molar-refractivity contribution >= 4 is 34.6 Å². The summed E-state index contributed by atoms with van der Waals surface area (Å²) in [6.07, 6.45) is 1.99. The van der Waals surface area contributed by atoms with Crippen LogP contribution in [-0.4, -0.2) is 96.2 Å². The van der Waals surface area contributed by atoms with Gasteiger partial charge in [0.1, 0.15) is 41.3 Å². The lowest BCUT2D eigenvalue weighted by molar-refractivity contribution is -0.151. The molecule has 2 aliphatic rings. The summed E-state index contributed by atoms with van der Waals surface area (Å²) in [4.78, 5) is 36.9. The summed E-state index contributed by atoms with van der Waals surface area (Å²) >= 11 is 2.87. The summed E-state index contributed by atoms with van der Waals surface area (Å²) < 4.78 is 41.8. The number of aromatic nitrogens is 2. The second kappa shape index (κ2) is 21.8. The van der Waals surface area contributed by atoms with E-state index in [0.29, 0.717) is 76.2 Å². The van der Waals surface area contributed by atoms with E-state index in [-0.39, 0.29) is 18.6 Å². The van der Waals surface area contributed by atoms with Gasteiger partial charge in [-0.3, -0.25) is 9.59 Å². The van der Waals surface area contributed by atoms with E-state index in [0.717, 1.165) is 51.6 Å². The van der Waals surface area contributed by atoms with Gasteiger partial charge < -0.3 is 48.5 Å². The molecule has 4 aromatic rings. The molecule has 2 fully saturated rings. The molecule has 0 saturated heterocycles. The molecule has 3 N–H and O–H groups in total. The second-order valence-corrected chi connectivity index (χ2v) is 19.6. The number of ether oxygens (including phenoxy) is 7. The van der Waals surface area contributed by atoms with Crippen LogP contribution in [0.1, 0.15) is 136 Å². The number of carboxylic acids is 1. The van der Waals surface area contributed by atoms with Gasteiger partial charge in [-0.25, -0.2) is 9.97 Å². The lowest BCUT2D eigenvalue weighted by Crippen LogP contribution is -2.30. The maximum absolute atomic E-state index is 13.8. The number of nitrogens with zero attached hydrogens (tertiary/aromatic N) is 2. The normalized spacial score (nSPS) is 19.4. The van der Waals surface area contributed by atoms with Crippen LogP contribution in [0.25, 0.3) is 0 Å². The highest BCUT2D eigenvalue weighted by Crippen LogP contribution is 2.39. The fourth-order valence-electron chi connectivity index (χ4n) is 8.85. The molecule has 350 valence electrons. The smallest absolute Gasteiger partial charge is 0.315 e. The van der Waals surface area contributed by atoms with E-state index in [1.165, 1.54) is 22.7 Å². The number of aliphatic hydroxyl groups is 2. The van der Waals surface area contributed by atoms with Crippen molar-refractivity contribution in [3.63, 3.8) is 0 Å². The lowest BCUT2D eigenvalue weighted by atomic mass is 9.99. The highest BCUT2D eigenvalue weighted by Gasteiger charge is 2.36. The fourth-order valence-corrected chi connectivity index (χ4v) is 11.0. The van der Waals surface area contributed by atoms with E-state index in [1.54, 1.807) is 54.4 Å². The quantitative estimate of drug-likeness (QED) is 0.0675. The van der Waals surface area contributed by atoms with Crippen LogP contribution in [0.5, 0.6) is 23.0 Å². The van der Waals surface area contributed by atoms with E-state index in [1.807, 2.05) is 39.8 Å². The monoisotopic (exact) mass is 924 g/mol. The summed E-state index contributed by atoms with van der Waals surface area (Å²) in [5.41, 5.74) is 3.91. The number of benzene rings is 2. The molecule has 0 amide bonds. The summed E-state index contributed by atoms with van der Waals surface area (Å²) in [7, 11) is 6.30. The first kappa shape index (κ1) is 49.1. The van der Waals surface area contributed by atoms with Crippen LogP contribution < -0.4 is 18.9 Å². The number of thiazole rings is 2. The molecule has 0 bridgehead atoms. The largest absolute Gasteiger partial charge is 0.496 e. The van der Waals surface area contributed by atoms with Gasteiger partial charge in [-0.2, -0.15) is 0 Å². The van der Waals surface area contributed by atoms with Crippen LogP contribution in [0.15, 0.2) is 24.3 Å². The van der Waals surface area contributed by atoms with Crippen molar-refractivity contribution in [3.8, 4) is 23.0 Å². The SMILES string of the molecule is COc1cc(C(O)C(Cc2nc(C(C)C(=O)O)c(C)s2)OC2CCC(OC(=O)C(C)c3nc(CC(OC4CCCC4)C(O)c4cc(OC)c(C)c(OC)c4)sc3C)C2)cc(OC)c1C. The van der Waals surface area contributed by atoms with E-state index >= 15 is 0 Å². The molecular formula is C48H64N2O12S2. The van der Waals surface area contributed by atoms with Crippen molar-refractivity contribution in [2.24, 2.45) is 0 Å². The van der Waals surface area contributed by atoms with E-state index in [9.17, 15) is 24.9 Å². The Hall–Kier alpha value is -4.32. The van der Waals surface area contributed by atoms with Gasteiger partial charge in [-0.05, 0) is 103 Å². The number of carbonyl (C=O) groups excluding carboxylic acids is 1. The summed E-state index contributed by atoms with van der Waals surface area (Å²) in [6, 6.07) is 7.18. The van der Waals surface area contributed by atoms with Crippen molar-refractivity contribution < 1.29 is 58.1 Å². The van der Waals surface area contributed by atoms with Crippen LogP contribution in [-0.2, 0) is 36.6 Å². The Bertz CT molecular complexity index is 2180. The highest BCUT2D eigenvalue weighted by atomic mass is 32.1. The predicted octanol–water partition coefficient (Wildman–Crippen LogP) is 8.59. The van der Waals surface area contributed by atoms with Gasteiger partial charge in [-0.15, -0.1) is 22.7 Å². The van der Waals surface area contributed by atoms with Crippen molar-refractivity contribution in [1.82, 2.24) is 9.97 Å². The van der Waals surface area contributed by atoms with Crippen molar-refractivity contribution in [2.75, 3.05) is 28.4 Å². The van der Waals surface area contributed by atoms with Gasteiger partial charge in [0.05, 0.1) is 86.1 Å². The first-order valence-corrected chi connectivity index (χ1v) is 23.7. The highest BCUT2D eigenvalue weighted by molar-refractivity contribution is 7.12. The Balaban J connectivity index is 1.15. The van der Waals surface area contributed by atoms with E-state index < -0.39 is 54.3 Å². The average Bonchev–Trinajstić information content (AvgIpc) is 4.11. The van der Waals surface area contributed by atoms with Crippen molar-refractivity contribution in [3.05, 3.63) is 77.7 Å². The third kappa shape index (κ3) is 11.4. The van der Waals surface area contributed by atoms with Crippen LogP contribution in [0.4, 0.5) is 0 Å². The van der Waals surface area contributed by atoms with Gasteiger partial charge in [0.25, 0.3) is 0 Å². The number of rotatable bonds is 21. The minimum atomic E-state index is -1.12. The topological polar surface area (TPSA) is 185 Å². The Morgan fingerprint density at radius 2 is 1.05 bits per heavy atom. The van der Waals surface area contributed by atoms with Crippen molar-refractivity contribution in [2.45, 2.75) is 154 Å². The molecule has 2 saturated carbocycles. The van der Waals surface area contributed by atoms with E-state index in [2.05, 4.69) is 4.98 Å². The first-order valence-electron chi connectivity index (χ1n) is 22.0. The molecule has 64 heavy (non-hydrogen) atoms. The third-order valence-corrected chi connectivity index (χ3v) is 14.7. The first-order chi connectivity index (χ1) is 30.5. The Labute approximate surface area is 384 Å². The zero-order valence-electron chi connectivity index (χ0n) is 38.6. The van der Waals surface area contributed by atoms with Gasteiger partial charge in [0.2, 0.25) is 0 Å². The summed E-state index contributed by atoms with van der Waals surface area (Å²) in [5.74, 6) is -0.453. The number of aliphatic hydroxyl groups excluding tert-OH is 2. The standard InChI is InChI=1S/C48H64N2O12S2/c1-24-35(56-7)17-30(18-36(24)57-8)45(51)39(60-32-13-11-12-14-32)22-42-50-44(29(6)64-42)27(4)48(55)62-34-16-15-33(21-34)61-40(23-41-49-43(28(5)63-41)26(3)47(53)54)46(52)31-19-37(58-9)25(2)38(20-31)59-10/h17-20,26-27,32-34,39-40,45-46,51-52H,11-16,21-23H2,1-10H3,(H,53,54). The zero-order chi connectivity index (χ0) is 46.4. The molecule has 6 rings (SSSR count). The maximum atomic E-state index is 13.8. The van der Waals surface area contributed by atoms with Crippen LogP contribution >= 0.6 is 22.7 Å². The molecule has 8 unspecified atom stereocenters. The number of carbonyl (C=O) groups is 2. The Morgan fingerprint density at radius 1 is 0.641 bits per heavy atom. The molecule has 14 nitrogen and oxygen atoms in total. The third-order valence-electron chi connectivity index (χ3n) is 12.6. The number of carboxylic acid groups (broad SMARTS) is 1. The van der Waals surface area contributed by atoms with Gasteiger partial charge >= 0.3 is 11.9 Å². The second-order valence-electron chi connectivity index (χ2n) is 17.0. The number of esters is 1. The minimum Gasteiger partial charge on any atom is -0.496 e. The predicted molar refractivity (Wildman–Crippen MR) is 244 cm³/mol. The van der Waals surface area contributed by atoms with Gasteiger partial charge in [0, 0.05) is 40.1 Å². The zero-order valence-corrected chi connectivity index (χ0v) is 40.2. The average molecular weight is 925 g/mol. The van der Waals surface area contributed by atoms with Gasteiger partial charge in [-0.1, -0.05) is 12.8 Å². The molecule has 2 aromatic heterocycles. The molecular weight excluding hydrogens is 861 g/mol. The maximum Gasteiger partial charge on any atom is 0.315 e. The fraction of sp³-hybridized carbons (Fsp3) is 0.583. The molecule has 2 aromatic carbocycles. The molecule has 0 aliphatic heterocycles. The molecule has 0 spiro atoms. The molecule has 2 heterocycles. The number of methoxy groups -OCH3 is 4. The molecule has 2 aliphatic carbocycles. The van der Waals surface area contributed by atoms with Crippen LogP contribution in [0, 0.1) is 27.7 Å². The van der Waals surface area contributed by atoms with Gasteiger partial charge in [0.15, 0.2) is 0 Å². The van der Waals surface area contributed by atoms with Crippen LogP contribution in [0.3, 0.4) is 0 Å². The summed E-state index contributed by atoms with van der Waals surface area (Å²) in [6.45, 7) is 11.0. The summed E-state index contributed by atoms with van der Waals surface area (Å²) in [5, 5.41) is 34.8. The molecule has 16 heteroatoms. The number of aliphatic carboxylic acids is 1. The molecule has 0 radical (unpaired) electrons.